The van der Waals surface area contributed by atoms with Crippen LogP contribution < -0.4 is 0 Å². The lowest BCUT2D eigenvalue weighted by molar-refractivity contribution is 0.0732. The topological polar surface area (TPSA) is 89.5 Å². The number of rotatable bonds is 6. The second-order valence-electron chi connectivity index (χ2n) is 7.82. The number of aromatic nitrogens is 2. The highest BCUT2D eigenvalue weighted by Gasteiger charge is 2.42. The zero-order valence-electron chi connectivity index (χ0n) is 16.9. The molecule has 0 saturated heterocycles. The summed E-state index contributed by atoms with van der Waals surface area (Å²) in [5.41, 5.74) is 4.26. The van der Waals surface area contributed by atoms with E-state index in [1.165, 1.54) is 11.6 Å². The number of nitrogens with zero attached hydrogens (tertiary/aromatic N) is 2. The van der Waals surface area contributed by atoms with Crippen molar-refractivity contribution in [1.82, 2.24) is 15.1 Å². The molecular weight excluding hydrogens is 402 g/mol. The van der Waals surface area contributed by atoms with Crippen LogP contribution in [0.3, 0.4) is 0 Å². The molecule has 6 nitrogen and oxygen atoms in total. The van der Waals surface area contributed by atoms with Crippen LogP contribution >= 0.6 is 11.6 Å². The van der Waals surface area contributed by atoms with E-state index in [-0.39, 0.29) is 24.3 Å². The minimum absolute atomic E-state index is 0.00307. The van der Waals surface area contributed by atoms with Crippen LogP contribution in [-0.2, 0) is 0 Å². The minimum Gasteiger partial charge on any atom is -0.507 e. The van der Waals surface area contributed by atoms with Gasteiger partial charge in [0.05, 0.1) is 6.04 Å². The van der Waals surface area contributed by atoms with E-state index in [9.17, 15) is 15.0 Å². The van der Waals surface area contributed by atoms with Crippen molar-refractivity contribution < 1.29 is 15.0 Å². The fourth-order valence-corrected chi connectivity index (χ4v) is 4.15. The van der Waals surface area contributed by atoms with Crippen LogP contribution in [0.1, 0.15) is 59.4 Å². The molecule has 30 heavy (non-hydrogen) atoms. The van der Waals surface area contributed by atoms with Gasteiger partial charge >= 0.3 is 0 Å². The molecule has 1 amide bonds. The van der Waals surface area contributed by atoms with E-state index in [2.05, 4.69) is 36.2 Å². The molecule has 0 bridgehead atoms. The van der Waals surface area contributed by atoms with E-state index in [1.807, 2.05) is 12.1 Å². The minimum atomic E-state index is -0.368. The number of carbonyl (C=O) groups is 1. The van der Waals surface area contributed by atoms with Gasteiger partial charge in [-0.05, 0) is 41.7 Å². The van der Waals surface area contributed by atoms with E-state index in [4.69, 9.17) is 11.6 Å². The molecule has 0 spiro atoms. The molecule has 0 fully saturated rings. The molecule has 1 aliphatic heterocycles. The number of hydrogen-bond donors (Lipinski definition) is 3. The Morgan fingerprint density at radius 2 is 1.93 bits per heavy atom. The molecule has 1 aliphatic rings. The Morgan fingerprint density at radius 3 is 2.60 bits per heavy atom. The van der Waals surface area contributed by atoms with E-state index >= 15 is 0 Å². The Kier molecular flexibility index (Phi) is 5.54. The van der Waals surface area contributed by atoms with Gasteiger partial charge in [-0.1, -0.05) is 49.7 Å². The van der Waals surface area contributed by atoms with Crippen molar-refractivity contribution in [3.05, 3.63) is 69.9 Å². The molecule has 0 aliphatic carbocycles. The first-order chi connectivity index (χ1) is 14.4. The summed E-state index contributed by atoms with van der Waals surface area (Å²) < 4.78 is 0. The molecule has 3 N–H and O–H groups in total. The van der Waals surface area contributed by atoms with Gasteiger partial charge in [-0.2, -0.15) is 5.10 Å². The van der Waals surface area contributed by atoms with Crippen molar-refractivity contribution in [2.24, 2.45) is 0 Å². The third-order valence-corrected chi connectivity index (χ3v) is 5.79. The predicted octanol–water partition coefficient (Wildman–Crippen LogP) is 4.49. The Labute approximate surface area is 180 Å². The molecule has 3 aromatic rings. The standard InChI is InChI=1S/C23H24ClN3O3/c1-13(2)14-4-6-15(7-5-14)22-19-20(17-12-16(24)8-9-18(17)29)25-26-21(19)23(30)27(22)10-3-11-28/h4-9,12-13,22,28-29H,3,10-11H2,1-2H3,(H,25,26). The van der Waals surface area contributed by atoms with Crippen LogP contribution in [0.5, 0.6) is 5.75 Å². The normalized spacial score (nSPS) is 15.8. The Morgan fingerprint density at radius 1 is 1.20 bits per heavy atom. The summed E-state index contributed by atoms with van der Waals surface area (Å²) in [6.45, 7) is 4.68. The lowest BCUT2D eigenvalue weighted by atomic mass is 9.93. The van der Waals surface area contributed by atoms with Gasteiger partial charge in [0.25, 0.3) is 5.91 Å². The van der Waals surface area contributed by atoms with E-state index in [0.29, 0.717) is 46.4 Å². The number of phenolic OH excluding ortho intramolecular Hbond substituents is 1. The molecule has 0 radical (unpaired) electrons. The van der Waals surface area contributed by atoms with Crippen LogP contribution in [0.15, 0.2) is 42.5 Å². The van der Waals surface area contributed by atoms with Gasteiger partial charge in [0.2, 0.25) is 0 Å². The Balaban J connectivity index is 1.86. The number of amides is 1. The number of hydrogen-bond acceptors (Lipinski definition) is 4. The fraction of sp³-hybridized carbons (Fsp3) is 0.304. The maximum Gasteiger partial charge on any atom is 0.273 e. The summed E-state index contributed by atoms with van der Waals surface area (Å²) in [6.07, 6.45) is 0.474. The van der Waals surface area contributed by atoms with E-state index in [0.717, 1.165) is 5.56 Å². The molecule has 1 aromatic heterocycles. The third kappa shape index (κ3) is 3.46. The van der Waals surface area contributed by atoms with Gasteiger partial charge in [-0.25, -0.2) is 0 Å². The number of phenols is 1. The number of halogens is 1. The molecule has 2 heterocycles. The second kappa shape index (κ2) is 8.13. The lowest BCUT2D eigenvalue weighted by Crippen LogP contribution is -2.31. The summed E-state index contributed by atoms with van der Waals surface area (Å²) in [6, 6.07) is 12.6. The Hall–Kier alpha value is -2.83. The van der Waals surface area contributed by atoms with Crippen LogP contribution in [-0.4, -0.2) is 44.4 Å². The van der Waals surface area contributed by atoms with Crippen molar-refractivity contribution in [3.8, 4) is 17.0 Å². The summed E-state index contributed by atoms with van der Waals surface area (Å²) in [5.74, 6) is 0.277. The summed E-state index contributed by atoms with van der Waals surface area (Å²) in [5, 5.41) is 27.4. The van der Waals surface area contributed by atoms with Crippen LogP contribution in [0.4, 0.5) is 0 Å². The zero-order valence-corrected chi connectivity index (χ0v) is 17.6. The largest absolute Gasteiger partial charge is 0.507 e. The number of benzene rings is 2. The van der Waals surface area contributed by atoms with E-state index in [1.54, 1.807) is 17.0 Å². The number of aliphatic hydroxyl groups is 1. The van der Waals surface area contributed by atoms with Crippen molar-refractivity contribution in [1.29, 1.82) is 0 Å². The first-order valence-electron chi connectivity index (χ1n) is 10.0. The Bertz CT molecular complexity index is 1080. The van der Waals surface area contributed by atoms with Crippen LogP contribution in [0, 0.1) is 0 Å². The number of nitrogens with one attached hydrogen (secondary N) is 1. The van der Waals surface area contributed by atoms with Crippen molar-refractivity contribution in [2.75, 3.05) is 13.2 Å². The summed E-state index contributed by atoms with van der Waals surface area (Å²) in [4.78, 5) is 14.9. The summed E-state index contributed by atoms with van der Waals surface area (Å²) in [7, 11) is 0. The van der Waals surface area contributed by atoms with Crippen LogP contribution in [0.2, 0.25) is 5.02 Å². The van der Waals surface area contributed by atoms with Gasteiger partial charge in [-0.15, -0.1) is 0 Å². The molecular formula is C23H24ClN3O3. The van der Waals surface area contributed by atoms with E-state index < -0.39 is 0 Å². The third-order valence-electron chi connectivity index (χ3n) is 5.55. The molecule has 1 unspecified atom stereocenters. The van der Waals surface area contributed by atoms with Gasteiger partial charge in [-0.3, -0.25) is 9.89 Å². The lowest BCUT2D eigenvalue weighted by Gasteiger charge is -2.26. The monoisotopic (exact) mass is 425 g/mol. The number of aromatic hydroxyl groups is 1. The molecule has 0 saturated carbocycles. The second-order valence-corrected chi connectivity index (χ2v) is 8.26. The highest BCUT2D eigenvalue weighted by atomic mass is 35.5. The quantitative estimate of drug-likeness (QED) is 0.543. The van der Waals surface area contributed by atoms with Crippen molar-refractivity contribution in [3.63, 3.8) is 0 Å². The maximum absolute atomic E-state index is 13.1. The highest BCUT2D eigenvalue weighted by molar-refractivity contribution is 6.31. The SMILES string of the molecule is CC(C)c1ccc(C2c3c(-c4cc(Cl)ccc4O)n[nH]c3C(=O)N2CCCO)cc1. The first-order valence-corrected chi connectivity index (χ1v) is 10.4. The maximum atomic E-state index is 13.1. The van der Waals surface area contributed by atoms with Gasteiger partial charge in [0.1, 0.15) is 17.1 Å². The van der Waals surface area contributed by atoms with Gasteiger partial charge in [0.15, 0.2) is 0 Å². The molecule has 156 valence electrons. The molecule has 7 heteroatoms. The predicted molar refractivity (Wildman–Crippen MR) is 116 cm³/mol. The smallest absolute Gasteiger partial charge is 0.273 e. The molecule has 4 rings (SSSR count). The van der Waals surface area contributed by atoms with Crippen molar-refractivity contribution >= 4 is 17.5 Å². The number of aromatic amines is 1. The highest BCUT2D eigenvalue weighted by Crippen LogP contribution is 2.45. The first kappa shape index (κ1) is 20.4. The van der Waals surface area contributed by atoms with Gasteiger partial charge in [0, 0.05) is 29.3 Å². The molecule has 1 atom stereocenters. The number of H-pyrrole nitrogens is 1. The van der Waals surface area contributed by atoms with Crippen molar-refractivity contribution in [2.45, 2.75) is 32.2 Å². The number of fused-ring (bicyclic) bond motifs is 1. The average molecular weight is 426 g/mol. The summed E-state index contributed by atoms with van der Waals surface area (Å²) >= 11 is 6.16. The number of carbonyl (C=O) groups excluding carboxylic acids is 1. The zero-order chi connectivity index (χ0) is 21.4. The van der Waals surface area contributed by atoms with Gasteiger partial charge < -0.3 is 15.1 Å². The fourth-order valence-electron chi connectivity index (χ4n) is 3.98. The number of aliphatic hydroxyl groups excluding tert-OH is 1. The average Bonchev–Trinajstić information content (AvgIpc) is 3.27. The molecule has 2 aromatic carbocycles. The van der Waals surface area contributed by atoms with Crippen LogP contribution in [0.25, 0.3) is 11.3 Å².